The van der Waals surface area contributed by atoms with Crippen LogP contribution in [0, 0.1) is 10.1 Å². The Labute approximate surface area is 145 Å². The minimum atomic E-state index is -0.470. The van der Waals surface area contributed by atoms with E-state index in [4.69, 9.17) is 9.47 Å². The highest BCUT2D eigenvalue weighted by molar-refractivity contribution is 6.02. The molecule has 25 heavy (non-hydrogen) atoms. The number of hydrogen-bond donors (Lipinski definition) is 1. The number of rotatable bonds is 8. The van der Waals surface area contributed by atoms with Gasteiger partial charge in [0, 0.05) is 37.1 Å². The summed E-state index contributed by atoms with van der Waals surface area (Å²) in [4.78, 5) is 22.1. The highest BCUT2D eigenvalue weighted by Gasteiger charge is 2.03. The first kappa shape index (κ1) is 18.2. The number of nitro benzene ring substituents is 1. The second-order valence-corrected chi connectivity index (χ2v) is 5.04. The molecule has 0 radical (unpaired) electrons. The summed E-state index contributed by atoms with van der Waals surface area (Å²) in [7, 11) is 1.59. The fraction of sp³-hybridized carbons (Fsp3) is 0.167. The fourth-order valence-corrected chi connectivity index (χ4v) is 1.97. The van der Waals surface area contributed by atoms with Gasteiger partial charge in [-0.05, 0) is 35.9 Å². The van der Waals surface area contributed by atoms with Crippen LogP contribution in [-0.2, 0) is 9.53 Å². The van der Waals surface area contributed by atoms with Crippen LogP contribution in [0.4, 0.5) is 11.4 Å². The van der Waals surface area contributed by atoms with Crippen molar-refractivity contribution >= 4 is 23.4 Å². The molecule has 0 atom stereocenters. The molecule has 0 aromatic heterocycles. The molecule has 2 aromatic carbocycles. The Bertz CT molecular complexity index is 756. The van der Waals surface area contributed by atoms with Crippen LogP contribution in [0.2, 0.25) is 0 Å². The smallest absolute Gasteiger partial charge is 0.269 e. The number of anilines is 1. The molecule has 130 valence electrons. The van der Waals surface area contributed by atoms with Crippen molar-refractivity contribution in [3.63, 3.8) is 0 Å². The van der Waals surface area contributed by atoms with Crippen LogP contribution in [0.5, 0.6) is 5.75 Å². The molecule has 0 unspecified atom stereocenters. The lowest BCUT2D eigenvalue weighted by molar-refractivity contribution is -0.384. The van der Waals surface area contributed by atoms with Crippen LogP contribution >= 0.6 is 0 Å². The summed E-state index contributed by atoms with van der Waals surface area (Å²) in [6, 6.07) is 13.0. The van der Waals surface area contributed by atoms with Gasteiger partial charge in [0.25, 0.3) is 5.69 Å². The lowest BCUT2D eigenvalue weighted by Crippen LogP contribution is -2.08. The third kappa shape index (κ3) is 6.08. The van der Waals surface area contributed by atoms with Crippen molar-refractivity contribution in [1.29, 1.82) is 0 Å². The third-order valence-corrected chi connectivity index (χ3v) is 3.19. The number of carbonyl (C=O) groups excluding carboxylic acids is 1. The van der Waals surface area contributed by atoms with E-state index in [1.165, 1.54) is 18.2 Å². The number of nitrogens with zero attached hydrogens (tertiary/aromatic N) is 1. The van der Waals surface area contributed by atoms with Crippen LogP contribution in [0.3, 0.4) is 0 Å². The van der Waals surface area contributed by atoms with E-state index >= 15 is 0 Å². The molecule has 0 heterocycles. The average Bonchev–Trinajstić information content (AvgIpc) is 2.61. The summed E-state index contributed by atoms with van der Waals surface area (Å²) < 4.78 is 10.4. The molecule has 0 aliphatic carbocycles. The molecule has 7 heteroatoms. The first-order valence-corrected chi connectivity index (χ1v) is 7.54. The molecule has 7 nitrogen and oxygen atoms in total. The highest BCUT2D eigenvalue weighted by Crippen LogP contribution is 2.17. The van der Waals surface area contributed by atoms with Gasteiger partial charge in [-0.1, -0.05) is 6.07 Å². The fourth-order valence-electron chi connectivity index (χ4n) is 1.97. The SMILES string of the molecule is COCCOc1cccc(NC(=O)/C=C/c2ccc([N+](=O)[O-])cc2)c1. The number of carbonyl (C=O) groups is 1. The summed E-state index contributed by atoms with van der Waals surface area (Å²) in [5.41, 5.74) is 1.30. The van der Waals surface area contributed by atoms with Crippen LogP contribution in [0.1, 0.15) is 5.56 Å². The first-order chi connectivity index (χ1) is 12.1. The first-order valence-electron chi connectivity index (χ1n) is 7.54. The third-order valence-electron chi connectivity index (χ3n) is 3.19. The molecule has 0 saturated heterocycles. The summed E-state index contributed by atoms with van der Waals surface area (Å²) in [6.07, 6.45) is 2.94. The van der Waals surface area contributed by atoms with Crippen molar-refractivity contribution in [2.45, 2.75) is 0 Å². The van der Waals surface area contributed by atoms with Crippen LogP contribution in [0.25, 0.3) is 6.08 Å². The molecule has 2 aromatic rings. The van der Waals surface area contributed by atoms with Gasteiger partial charge < -0.3 is 14.8 Å². The van der Waals surface area contributed by atoms with E-state index in [-0.39, 0.29) is 11.6 Å². The number of hydrogen-bond acceptors (Lipinski definition) is 5. The van der Waals surface area contributed by atoms with E-state index in [0.29, 0.717) is 30.2 Å². The zero-order chi connectivity index (χ0) is 18.1. The lowest BCUT2D eigenvalue weighted by Gasteiger charge is -2.07. The Morgan fingerprint density at radius 2 is 1.96 bits per heavy atom. The average molecular weight is 342 g/mol. The number of amides is 1. The molecule has 1 N–H and O–H groups in total. The van der Waals surface area contributed by atoms with Gasteiger partial charge in [-0.25, -0.2) is 0 Å². The van der Waals surface area contributed by atoms with Crippen molar-refractivity contribution in [1.82, 2.24) is 0 Å². The standard InChI is InChI=1S/C18H18N2O5/c1-24-11-12-25-17-4-2-3-15(13-17)19-18(21)10-7-14-5-8-16(9-6-14)20(22)23/h2-10,13H,11-12H2,1H3,(H,19,21)/b10-7+. The van der Waals surface area contributed by atoms with Crippen molar-refractivity contribution < 1.29 is 19.2 Å². The molecule has 0 aliphatic rings. The topological polar surface area (TPSA) is 90.7 Å². The van der Waals surface area contributed by atoms with Crippen molar-refractivity contribution in [2.75, 3.05) is 25.6 Å². The maximum atomic E-state index is 12.0. The van der Waals surface area contributed by atoms with Gasteiger partial charge in [-0.15, -0.1) is 0 Å². The van der Waals surface area contributed by atoms with Crippen molar-refractivity contribution in [2.24, 2.45) is 0 Å². The van der Waals surface area contributed by atoms with E-state index in [0.717, 1.165) is 0 Å². The zero-order valence-corrected chi connectivity index (χ0v) is 13.7. The van der Waals surface area contributed by atoms with E-state index in [9.17, 15) is 14.9 Å². The minimum absolute atomic E-state index is 0.00638. The van der Waals surface area contributed by atoms with Gasteiger partial charge in [0.05, 0.1) is 11.5 Å². The molecular weight excluding hydrogens is 324 g/mol. The maximum absolute atomic E-state index is 12.0. The Balaban J connectivity index is 1.93. The van der Waals surface area contributed by atoms with Crippen LogP contribution in [-0.4, -0.2) is 31.2 Å². The lowest BCUT2D eigenvalue weighted by atomic mass is 10.2. The number of ether oxygens (including phenoxy) is 2. The molecule has 0 bridgehead atoms. The Morgan fingerprint density at radius 3 is 2.64 bits per heavy atom. The predicted octanol–water partition coefficient (Wildman–Crippen LogP) is 3.27. The molecule has 0 saturated carbocycles. The van der Waals surface area contributed by atoms with Crippen molar-refractivity contribution in [3.8, 4) is 5.75 Å². The maximum Gasteiger partial charge on any atom is 0.269 e. The van der Waals surface area contributed by atoms with Gasteiger partial charge in [0.15, 0.2) is 0 Å². The van der Waals surface area contributed by atoms with E-state index < -0.39 is 4.92 Å². The van der Waals surface area contributed by atoms with Crippen molar-refractivity contribution in [3.05, 3.63) is 70.3 Å². The van der Waals surface area contributed by atoms with Crippen LogP contribution in [0.15, 0.2) is 54.6 Å². The number of non-ortho nitro benzene ring substituents is 1. The Morgan fingerprint density at radius 1 is 1.20 bits per heavy atom. The normalized spacial score (nSPS) is 10.6. The predicted molar refractivity (Wildman–Crippen MR) is 94.6 cm³/mol. The summed E-state index contributed by atoms with van der Waals surface area (Å²) in [5.74, 6) is 0.321. The largest absolute Gasteiger partial charge is 0.491 e. The van der Waals surface area contributed by atoms with Gasteiger partial charge in [-0.3, -0.25) is 14.9 Å². The monoisotopic (exact) mass is 342 g/mol. The van der Waals surface area contributed by atoms with Crippen LogP contribution < -0.4 is 10.1 Å². The van der Waals surface area contributed by atoms with Gasteiger partial charge >= 0.3 is 0 Å². The molecule has 0 spiro atoms. The molecule has 0 fully saturated rings. The van der Waals surface area contributed by atoms with E-state index in [1.807, 2.05) is 0 Å². The van der Waals surface area contributed by atoms with Gasteiger partial charge in [0.1, 0.15) is 12.4 Å². The second kappa shape index (κ2) is 9.19. The van der Waals surface area contributed by atoms with Gasteiger partial charge in [0.2, 0.25) is 5.91 Å². The van der Waals surface area contributed by atoms with Gasteiger partial charge in [-0.2, -0.15) is 0 Å². The summed E-state index contributed by atoms with van der Waals surface area (Å²) >= 11 is 0. The molecular formula is C18H18N2O5. The molecule has 1 amide bonds. The molecule has 2 rings (SSSR count). The van der Waals surface area contributed by atoms with E-state index in [2.05, 4.69) is 5.32 Å². The second-order valence-electron chi connectivity index (χ2n) is 5.04. The van der Waals surface area contributed by atoms with E-state index in [1.54, 1.807) is 49.6 Å². The summed E-state index contributed by atoms with van der Waals surface area (Å²) in [5, 5.41) is 13.3. The number of nitro groups is 1. The number of benzene rings is 2. The Kier molecular flexibility index (Phi) is 6.67. The number of methoxy groups -OCH3 is 1. The summed E-state index contributed by atoms with van der Waals surface area (Å²) in [6.45, 7) is 0.905. The highest BCUT2D eigenvalue weighted by atomic mass is 16.6. The number of nitrogens with one attached hydrogen (secondary N) is 1. The zero-order valence-electron chi connectivity index (χ0n) is 13.7. The Hall–Kier alpha value is -3.19. The molecule has 0 aliphatic heterocycles. The minimum Gasteiger partial charge on any atom is -0.491 e. The quantitative estimate of drug-likeness (QED) is 0.344.